The van der Waals surface area contributed by atoms with Crippen LogP contribution in [0.15, 0.2) is 206 Å². The minimum Gasteiger partial charge on any atom is -0.366 e. The maximum absolute atomic E-state index is 7.26. The Morgan fingerprint density at radius 3 is 1.10 bits per heavy atom. The second-order valence-electron chi connectivity index (χ2n) is 16.7. The minimum absolute atomic E-state index is 0. The van der Waals surface area contributed by atoms with E-state index in [1.165, 1.54) is 70.1 Å². The van der Waals surface area contributed by atoms with E-state index in [1.807, 2.05) is 12.1 Å². The maximum Gasteiger partial charge on any atom is 1.00 e. The van der Waals surface area contributed by atoms with Crippen LogP contribution in [0.1, 0.15) is 11.1 Å². The molecule has 0 spiro atoms. The molecule has 0 radical (unpaired) electrons. The molecule has 0 aliphatic carbocycles. The summed E-state index contributed by atoms with van der Waals surface area (Å²) in [6.45, 7) is 9.55. The molecule has 10 rings (SSSR count). The van der Waals surface area contributed by atoms with Gasteiger partial charge in [0.05, 0.1) is 0 Å². The van der Waals surface area contributed by atoms with Crippen molar-refractivity contribution in [2.75, 3.05) is 5.90 Å². The average Bonchev–Trinajstić information content (AvgIpc) is 3.69. The third-order valence-electron chi connectivity index (χ3n) is 12.3. The average molecular weight is 1070 g/mol. The molecule has 2 aliphatic heterocycles. The fourth-order valence-electron chi connectivity index (χ4n) is 9.06. The molecule has 0 fully saturated rings. The molecular formula is C57H50Ag2P2Si2+2. The van der Waals surface area contributed by atoms with Crippen LogP contribution in [0.2, 0.25) is 26.2 Å². The van der Waals surface area contributed by atoms with E-state index in [1.54, 1.807) is 0 Å². The van der Waals surface area contributed by atoms with E-state index in [-0.39, 0.29) is 44.8 Å². The van der Waals surface area contributed by atoms with Gasteiger partial charge in [0.1, 0.15) is 53.2 Å². The zero-order valence-corrected chi connectivity index (χ0v) is 42.9. The van der Waals surface area contributed by atoms with Crippen molar-refractivity contribution < 1.29 is 44.8 Å². The monoisotopic (exact) mass is 1070 g/mol. The van der Waals surface area contributed by atoms with Crippen LogP contribution in [0.4, 0.5) is 0 Å². The Balaban J connectivity index is 0.000000161. The van der Waals surface area contributed by atoms with Crippen molar-refractivity contribution in [3.8, 4) is 34.1 Å². The first-order valence-corrected chi connectivity index (χ1v) is 30.4. The van der Waals surface area contributed by atoms with Crippen LogP contribution < -0.4 is 42.0 Å². The largest absolute Gasteiger partial charge is 1.00 e. The summed E-state index contributed by atoms with van der Waals surface area (Å²) in [7, 11) is -4.75. The van der Waals surface area contributed by atoms with Gasteiger partial charge in [-0.2, -0.15) is 0 Å². The Bertz CT molecular complexity index is 2710. The molecule has 2 aliphatic rings. The summed E-state index contributed by atoms with van der Waals surface area (Å²) < 4.78 is 0. The van der Waals surface area contributed by atoms with Crippen molar-refractivity contribution in [3.05, 3.63) is 230 Å². The molecule has 0 bridgehead atoms. The fourth-order valence-corrected chi connectivity index (χ4v) is 23.0. The molecule has 0 unspecified atom stereocenters. The predicted octanol–water partition coefficient (Wildman–Crippen LogP) is 9.52. The zero-order chi connectivity index (χ0) is 42.4. The molecule has 0 amide bonds. The normalized spacial score (nSPS) is 12.8. The summed E-state index contributed by atoms with van der Waals surface area (Å²) in [5, 5.41) is 12.0. The van der Waals surface area contributed by atoms with E-state index < -0.39 is 32.0 Å². The zero-order valence-electron chi connectivity index (χ0n) is 35.9. The summed E-state index contributed by atoms with van der Waals surface area (Å²) in [6.07, 6.45) is 14.5. The van der Waals surface area contributed by atoms with Crippen LogP contribution >= 0.6 is 15.8 Å². The number of hydrogen-bond donors (Lipinski definition) is 0. The van der Waals surface area contributed by atoms with Crippen molar-refractivity contribution >= 4 is 74.0 Å². The first kappa shape index (κ1) is 48.1. The standard InChI is InChI=1S/C25H22P2.2C16H13Si.2Ag/c1-5-13-22(14-6-1)26(23-15-7-2-8-16-23)21-27(24-17-9-3-10-18-24)25-19-11-4-12-20-25;1-4-12-9-10-16-14(11-12)13-7-5-6-8-15(13)17(16,2)3;1-4-12-9-10-14-13-7-5-6-8-15(13)17(2,3)16(14)11-12;;/h1-20H,21H2;2*5-11H,2-3H3;;/q;2*-1;2*+1/p+2. The molecule has 8 aromatic rings. The van der Waals surface area contributed by atoms with E-state index in [4.69, 9.17) is 12.8 Å². The Labute approximate surface area is 411 Å². The summed E-state index contributed by atoms with van der Waals surface area (Å²) in [6, 6.07) is 74.4. The van der Waals surface area contributed by atoms with Gasteiger partial charge in [-0.1, -0.05) is 165 Å². The molecule has 0 aromatic heterocycles. The van der Waals surface area contributed by atoms with Crippen LogP contribution in [-0.2, 0) is 44.8 Å². The van der Waals surface area contributed by atoms with Crippen LogP contribution in [0, 0.1) is 24.7 Å². The summed E-state index contributed by atoms with van der Waals surface area (Å²) in [5.74, 6) is 6.22. The predicted molar refractivity (Wildman–Crippen MR) is 276 cm³/mol. The van der Waals surface area contributed by atoms with Gasteiger partial charge < -0.3 is 12.8 Å². The molecule has 2 heterocycles. The Morgan fingerprint density at radius 2 is 0.667 bits per heavy atom. The first-order chi connectivity index (χ1) is 29.7. The first-order valence-electron chi connectivity index (χ1n) is 21.0. The summed E-state index contributed by atoms with van der Waals surface area (Å²) >= 11 is 0. The van der Waals surface area contributed by atoms with E-state index in [2.05, 4.69) is 232 Å². The van der Waals surface area contributed by atoms with Gasteiger partial charge >= 0.3 is 44.8 Å². The van der Waals surface area contributed by atoms with Crippen molar-refractivity contribution in [2.45, 2.75) is 26.2 Å². The van der Waals surface area contributed by atoms with E-state index >= 15 is 0 Å². The summed E-state index contributed by atoms with van der Waals surface area (Å²) in [5.41, 5.74) is 7.17. The van der Waals surface area contributed by atoms with Crippen LogP contribution in [-0.4, -0.2) is 22.1 Å². The summed E-state index contributed by atoms with van der Waals surface area (Å²) in [4.78, 5) is 0. The quantitative estimate of drug-likeness (QED) is 0.0675. The van der Waals surface area contributed by atoms with Gasteiger partial charge in [-0.05, 0) is 86.3 Å². The molecule has 0 atom stereocenters. The SMILES string of the molecule is [Ag+].[Ag+].[C-]#Cc1ccc2c(c1)-c1ccccc1[Si]2(C)C.[C-]#Cc1ccc2c(c1)[Si](C)(C)c1ccccc1-2.c1ccc([PH+](C[PH+](c2ccccc2)c2ccccc2)c2ccccc2)cc1. The van der Waals surface area contributed by atoms with E-state index in [9.17, 15) is 0 Å². The van der Waals surface area contributed by atoms with Gasteiger partial charge in [-0.25, -0.2) is 0 Å². The van der Waals surface area contributed by atoms with Gasteiger partial charge in [0.15, 0.2) is 5.90 Å². The number of fused-ring (bicyclic) bond motifs is 6. The molecule has 0 nitrogen and oxygen atoms in total. The van der Waals surface area contributed by atoms with Gasteiger partial charge in [-0.15, -0.1) is 35.4 Å². The van der Waals surface area contributed by atoms with Crippen molar-refractivity contribution in [2.24, 2.45) is 0 Å². The molecule has 316 valence electrons. The van der Waals surface area contributed by atoms with Crippen LogP contribution in [0.5, 0.6) is 0 Å². The molecule has 0 N–H and O–H groups in total. The molecule has 0 saturated heterocycles. The van der Waals surface area contributed by atoms with Gasteiger partial charge in [-0.3, -0.25) is 11.8 Å². The Morgan fingerprint density at radius 1 is 0.349 bits per heavy atom. The number of rotatable bonds is 6. The second-order valence-corrected chi connectivity index (χ2v) is 31.0. The number of benzene rings is 8. The topological polar surface area (TPSA) is 0 Å². The molecule has 8 aromatic carbocycles. The second kappa shape index (κ2) is 21.6. The molecular weight excluding hydrogens is 1020 g/mol. The Kier molecular flexibility index (Phi) is 16.5. The molecule has 6 heteroatoms. The van der Waals surface area contributed by atoms with Crippen molar-refractivity contribution in [3.63, 3.8) is 0 Å². The van der Waals surface area contributed by atoms with Crippen LogP contribution in [0.3, 0.4) is 0 Å². The minimum atomic E-state index is -1.55. The third-order valence-corrected chi connectivity index (χ3v) is 26.4. The number of hydrogen-bond acceptors (Lipinski definition) is 0. The molecule has 63 heavy (non-hydrogen) atoms. The maximum atomic E-state index is 7.26. The fraction of sp³-hybridized carbons (Fsp3) is 0.0877. The van der Waals surface area contributed by atoms with Crippen molar-refractivity contribution in [1.29, 1.82) is 0 Å². The Hall–Kier alpha value is -4.35. The van der Waals surface area contributed by atoms with Crippen molar-refractivity contribution in [1.82, 2.24) is 0 Å². The van der Waals surface area contributed by atoms with Gasteiger partial charge in [0.25, 0.3) is 0 Å². The van der Waals surface area contributed by atoms with E-state index in [0.717, 1.165) is 11.1 Å². The van der Waals surface area contributed by atoms with Gasteiger partial charge in [0, 0.05) is 0 Å². The third kappa shape index (κ3) is 10.3. The van der Waals surface area contributed by atoms with E-state index in [0.29, 0.717) is 0 Å². The van der Waals surface area contributed by atoms with Gasteiger partial charge in [0.2, 0.25) is 0 Å². The molecule has 0 saturated carbocycles. The smallest absolute Gasteiger partial charge is 0.366 e. The van der Waals surface area contributed by atoms with Crippen LogP contribution in [0.25, 0.3) is 22.3 Å².